The molecule has 0 bridgehead atoms. The topological polar surface area (TPSA) is 90.7 Å². The highest BCUT2D eigenvalue weighted by Gasteiger charge is 2.31. The van der Waals surface area contributed by atoms with Crippen molar-refractivity contribution in [1.82, 2.24) is 5.32 Å². The van der Waals surface area contributed by atoms with Crippen LogP contribution in [0.5, 0.6) is 5.75 Å². The van der Waals surface area contributed by atoms with Gasteiger partial charge in [-0.3, -0.25) is 10.1 Å². The third kappa shape index (κ3) is 5.23. The molecule has 7 nitrogen and oxygen atoms in total. The number of nitrogens with one attached hydrogen (secondary N) is 1. The highest BCUT2D eigenvalue weighted by Crippen LogP contribution is 2.22. The summed E-state index contributed by atoms with van der Waals surface area (Å²) in [6.45, 7) is 6.62. The van der Waals surface area contributed by atoms with Gasteiger partial charge in [0.05, 0.1) is 7.11 Å². The van der Waals surface area contributed by atoms with Gasteiger partial charge in [-0.25, -0.2) is 4.79 Å². The van der Waals surface area contributed by atoms with Crippen LogP contribution < -0.4 is 10.1 Å². The maximum Gasteiger partial charge on any atom is 0.408 e. The Morgan fingerprint density at radius 3 is 2.23 bits per heavy atom. The highest BCUT2D eigenvalue weighted by atomic mass is 16.6. The van der Waals surface area contributed by atoms with E-state index in [2.05, 4.69) is 5.32 Å². The summed E-state index contributed by atoms with van der Waals surface area (Å²) in [6.07, 6.45) is -0.693. The number of nitro groups is 1. The van der Waals surface area contributed by atoms with Crippen molar-refractivity contribution in [2.24, 2.45) is 0 Å². The predicted octanol–water partition coefficient (Wildman–Crippen LogP) is 2.93. The summed E-state index contributed by atoms with van der Waals surface area (Å²) >= 11 is 0. The van der Waals surface area contributed by atoms with E-state index in [4.69, 9.17) is 9.47 Å². The number of methoxy groups -OCH3 is 1. The zero-order valence-electron chi connectivity index (χ0n) is 13.5. The van der Waals surface area contributed by atoms with Crippen LogP contribution in [0.1, 0.15) is 39.3 Å². The van der Waals surface area contributed by atoms with Crippen LogP contribution in [0.25, 0.3) is 0 Å². The first-order chi connectivity index (χ1) is 10.1. The Balaban J connectivity index is 2.97. The van der Waals surface area contributed by atoms with Gasteiger partial charge in [0.15, 0.2) is 0 Å². The molecule has 0 radical (unpaired) electrons. The fourth-order valence-corrected chi connectivity index (χ4v) is 1.85. The Bertz CT molecular complexity index is 522. The first-order valence-electron chi connectivity index (χ1n) is 6.91. The van der Waals surface area contributed by atoms with Gasteiger partial charge in [-0.2, -0.15) is 0 Å². The van der Waals surface area contributed by atoms with Crippen molar-refractivity contribution < 1.29 is 19.2 Å². The third-order valence-corrected chi connectivity index (χ3v) is 2.96. The average molecular weight is 310 g/mol. The van der Waals surface area contributed by atoms with Gasteiger partial charge in [0.2, 0.25) is 6.04 Å². The summed E-state index contributed by atoms with van der Waals surface area (Å²) < 4.78 is 10.2. The first kappa shape index (κ1) is 17.7. The van der Waals surface area contributed by atoms with Crippen molar-refractivity contribution in [3.05, 3.63) is 39.9 Å². The largest absolute Gasteiger partial charge is 0.497 e. The molecule has 1 N–H and O–H groups in total. The van der Waals surface area contributed by atoms with Crippen molar-refractivity contribution in [3.63, 3.8) is 0 Å². The normalized spacial score (nSPS) is 13.9. The van der Waals surface area contributed by atoms with Crippen LogP contribution in [0.3, 0.4) is 0 Å². The second kappa shape index (κ2) is 7.11. The summed E-state index contributed by atoms with van der Waals surface area (Å²) in [4.78, 5) is 22.6. The second-order valence-corrected chi connectivity index (χ2v) is 5.92. The molecule has 0 aliphatic carbocycles. The Hall–Kier alpha value is -2.31. The molecule has 0 aliphatic rings. The summed E-state index contributed by atoms with van der Waals surface area (Å²) in [5, 5.41) is 13.7. The first-order valence-corrected chi connectivity index (χ1v) is 6.91. The van der Waals surface area contributed by atoms with Gasteiger partial charge in [-0.15, -0.1) is 0 Å². The van der Waals surface area contributed by atoms with E-state index in [9.17, 15) is 14.9 Å². The SMILES string of the molecule is COc1ccc([C@@H](NC(=O)OC(C)(C)C)[C@@H](C)[N+](=O)[O-])cc1. The van der Waals surface area contributed by atoms with E-state index in [-0.39, 0.29) is 0 Å². The lowest BCUT2D eigenvalue weighted by atomic mass is 10.0. The van der Waals surface area contributed by atoms with E-state index in [0.29, 0.717) is 11.3 Å². The molecule has 7 heteroatoms. The van der Waals surface area contributed by atoms with Crippen molar-refractivity contribution in [2.75, 3.05) is 7.11 Å². The monoisotopic (exact) mass is 310 g/mol. The lowest BCUT2D eigenvalue weighted by Crippen LogP contribution is -2.41. The maximum atomic E-state index is 11.9. The molecule has 0 heterocycles. The number of benzene rings is 1. The van der Waals surface area contributed by atoms with Gasteiger partial charge >= 0.3 is 6.09 Å². The molecule has 1 aromatic carbocycles. The Morgan fingerprint density at radius 2 is 1.82 bits per heavy atom. The van der Waals surface area contributed by atoms with Crippen LogP contribution >= 0.6 is 0 Å². The zero-order chi connectivity index (χ0) is 16.9. The van der Waals surface area contributed by atoms with Gasteiger partial charge in [0.1, 0.15) is 17.4 Å². The van der Waals surface area contributed by atoms with E-state index in [1.54, 1.807) is 45.0 Å². The van der Waals surface area contributed by atoms with Crippen LogP contribution in [0.15, 0.2) is 24.3 Å². The zero-order valence-corrected chi connectivity index (χ0v) is 13.5. The van der Waals surface area contributed by atoms with Crippen molar-refractivity contribution >= 4 is 6.09 Å². The minimum atomic E-state index is -0.999. The fourth-order valence-electron chi connectivity index (χ4n) is 1.85. The maximum absolute atomic E-state index is 11.9. The summed E-state index contributed by atoms with van der Waals surface area (Å²) in [5.41, 5.74) is -0.0669. The van der Waals surface area contributed by atoms with E-state index in [1.807, 2.05) is 0 Å². The molecule has 122 valence electrons. The molecular weight excluding hydrogens is 288 g/mol. The number of alkyl carbamates (subject to hydrolysis) is 1. The second-order valence-electron chi connectivity index (χ2n) is 5.92. The molecule has 0 unspecified atom stereocenters. The Morgan fingerprint density at radius 1 is 1.27 bits per heavy atom. The van der Waals surface area contributed by atoms with Gasteiger partial charge in [-0.05, 0) is 38.5 Å². The van der Waals surface area contributed by atoms with Crippen LogP contribution in [0.4, 0.5) is 4.79 Å². The third-order valence-electron chi connectivity index (χ3n) is 2.96. The van der Waals surface area contributed by atoms with Gasteiger partial charge < -0.3 is 14.8 Å². The molecule has 0 spiro atoms. The molecule has 0 saturated heterocycles. The smallest absolute Gasteiger partial charge is 0.408 e. The molecule has 0 aliphatic heterocycles. The molecule has 0 fully saturated rings. The molecule has 0 aromatic heterocycles. The van der Waals surface area contributed by atoms with Gasteiger partial charge in [0.25, 0.3) is 0 Å². The Kier molecular flexibility index (Phi) is 5.73. The number of hydrogen-bond acceptors (Lipinski definition) is 5. The van der Waals surface area contributed by atoms with E-state index >= 15 is 0 Å². The molecule has 22 heavy (non-hydrogen) atoms. The van der Waals surface area contributed by atoms with Crippen molar-refractivity contribution in [1.29, 1.82) is 0 Å². The van der Waals surface area contributed by atoms with Gasteiger partial charge in [-0.1, -0.05) is 12.1 Å². The summed E-state index contributed by atoms with van der Waals surface area (Å²) in [5.74, 6) is 0.633. The number of ether oxygens (including phenoxy) is 2. The average Bonchev–Trinajstić information content (AvgIpc) is 2.42. The van der Waals surface area contributed by atoms with Crippen LogP contribution in [0.2, 0.25) is 0 Å². The molecule has 2 atom stereocenters. The quantitative estimate of drug-likeness (QED) is 0.667. The van der Waals surface area contributed by atoms with Crippen LogP contribution in [0, 0.1) is 10.1 Å². The lowest BCUT2D eigenvalue weighted by molar-refractivity contribution is -0.523. The van der Waals surface area contributed by atoms with Crippen LogP contribution in [-0.2, 0) is 4.74 Å². The summed E-state index contributed by atoms with van der Waals surface area (Å²) in [6, 6.07) is 4.94. The predicted molar refractivity (Wildman–Crippen MR) is 81.6 cm³/mol. The molecular formula is C15H22N2O5. The minimum absolute atomic E-state index is 0.438. The summed E-state index contributed by atoms with van der Waals surface area (Å²) in [7, 11) is 1.53. The molecule has 1 amide bonds. The fraction of sp³-hybridized carbons (Fsp3) is 0.533. The number of nitrogens with zero attached hydrogens (tertiary/aromatic N) is 1. The van der Waals surface area contributed by atoms with Crippen molar-refractivity contribution in [3.8, 4) is 5.75 Å². The van der Waals surface area contributed by atoms with E-state index < -0.39 is 28.7 Å². The molecule has 0 saturated carbocycles. The number of carbonyl (C=O) groups excluding carboxylic acids is 1. The number of amides is 1. The standard InChI is InChI=1S/C15H22N2O5/c1-10(17(19)20)13(16-14(18)22-15(2,3)4)11-6-8-12(21-5)9-7-11/h6-10,13H,1-5H3,(H,16,18)/t10-,13+/m1/s1. The van der Waals surface area contributed by atoms with E-state index in [0.717, 1.165) is 0 Å². The van der Waals surface area contributed by atoms with Gasteiger partial charge in [0, 0.05) is 11.8 Å². The highest BCUT2D eigenvalue weighted by molar-refractivity contribution is 5.68. The van der Waals surface area contributed by atoms with Crippen molar-refractivity contribution in [2.45, 2.75) is 45.4 Å². The van der Waals surface area contributed by atoms with Crippen LogP contribution in [-0.4, -0.2) is 29.8 Å². The molecule has 1 rings (SSSR count). The Labute approximate surface area is 129 Å². The number of rotatable bonds is 5. The lowest BCUT2D eigenvalue weighted by Gasteiger charge is -2.24. The minimum Gasteiger partial charge on any atom is -0.497 e. The van der Waals surface area contributed by atoms with E-state index in [1.165, 1.54) is 14.0 Å². The number of hydrogen-bond donors (Lipinski definition) is 1. The molecule has 1 aromatic rings. The number of carbonyl (C=O) groups is 1.